The quantitative estimate of drug-likeness (QED) is 0.476. The highest BCUT2D eigenvalue weighted by molar-refractivity contribution is 14.1. The van der Waals surface area contributed by atoms with E-state index in [9.17, 15) is 4.79 Å². The number of ether oxygens (including phenoxy) is 2. The van der Waals surface area contributed by atoms with Crippen molar-refractivity contribution < 1.29 is 14.3 Å². The number of halogens is 1. The summed E-state index contributed by atoms with van der Waals surface area (Å²) in [6, 6.07) is 3.46. The molecule has 0 amide bonds. The molecule has 0 fully saturated rings. The van der Waals surface area contributed by atoms with Crippen molar-refractivity contribution in [1.29, 1.82) is 0 Å². The van der Waals surface area contributed by atoms with Crippen molar-refractivity contribution in [2.45, 2.75) is 0 Å². The van der Waals surface area contributed by atoms with Crippen LogP contribution in [0.3, 0.4) is 0 Å². The molecule has 0 heterocycles. The minimum absolute atomic E-state index is 0.378. The zero-order chi connectivity index (χ0) is 11.3. The molecule has 0 aliphatic carbocycles. The van der Waals surface area contributed by atoms with E-state index in [4.69, 9.17) is 9.47 Å². The van der Waals surface area contributed by atoms with Crippen molar-refractivity contribution >= 4 is 28.9 Å². The van der Waals surface area contributed by atoms with E-state index in [2.05, 4.69) is 29.2 Å². The van der Waals surface area contributed by atoms with E-state index in [0.29, 0.717) is 23.7 Å². The topological polar surface area (TPSA) is 35.5 Å². The molecule has 0 spiro atoms. The summed E-state index contributed by atoms with van der Waals surface area (Å²) in [7, 11) is 1.56. The number of carbonyl (C=O) groups is 1. The summed E-state index contributed by atoms with van der Waals surface area (Å²) in [5.74, 6) is 1.22. The molecule has 0 saturated carbocycles. The van der Waals surface area contributed by atoms with Gasteiger partial charge in [-0.3, -0.25) is 4.79 Å². The molecule has 3 nitrogen and oxygen atoms in total. The summed E-state index contributed by atoms with van der Waals surface area (Å²) in [6.45, 7) is 3.93. The van der Waals surface area contributed by atoms with Crippen molar-refractivity contribution in [3.63, 3.8) is 0 Å². The third-order valence-electron chi connectivity index (χ3n) is 1.75. The summed E-state index contributed by atoms with van der Waals surface area (Å²) >= 11 is 2.10. The minimum atomic E-state index is 0.378. The van der Waals surface area contributed by atoms with Gasteiger partial charge in [0, 0.05) is 0 Å². The Morgan fingerprint density at radius 2 is 2.27 bits per heavy atom. The third-order valence-corrected chi connectivity index (χ3v) is 2.56. The van der Waals surface area contributed by atoms with Crippen LogP contribution >= 0.6 is 22.6 Å². The van der Waals surface area contributed by atoms with Gasteiger partial charge in [-0.05, 0) is 34.7 Å². The number of carbonyl (C=O) groups excluding carboxylic acids is 1. The van der Waals surface area contributed by atoms with Crippen LogP contribution in [0, 0.1) is 3.57 Å². The van der Waals surface area contributed by atoms with Gasteiger partial charge >= 0.3 is 0 Å². The summed E-state index contributed by atoms with van der Waals surface area (Å²) in [5, 5.41) is 0. The van der Waals surface area contributed by atoms with Gasteiger partial charge in [0.15, 0.2) is 6.29 Å². The van der Waals surface area contributed by atoms with Crippen molar-refractivity contribution in [3.05, 3.63) is 33.9 Å². The largest absolute Gasteiger partial charge is 0.497 e. The van der Waals surface area contributed by atoms with Gasteiger partial charge in [-0.2, -0.15) is 0 Å². The minimum Gasteiger partial charge on any atom is -0.497 e. The van der Waals surface area contributed by atoms with E-state index in [0.717, 1.165) is 9.86 Å². The van der Waals surface area contributed by atoms with Gasteiger partial charge in [0.25, 0.3) is 0 Å². The van der Waals surface area contributed by atoms with Crippen LogP contribution < -0.4 is 9.47 Å². The average molecular weight is 318 g/mol. The zero-order valence-electron chi connectivity index (χ0n) is 8.33. The molecule has 0 unspecified atom stereocenters. The molecule has 4 heteroatoms. The van der Waals surface area contributed by atoms with Crippen LogP contribution in [0.5, 0.6) is 11.5 Å². The molecule has 1 aromatic carbocycles. The molecule has 15 heavy (non-hydrogen) atoms. The molecule has 0 aromatic heterocycles. The molecule has 0 aliphatic rings. The molecule has 1 aromatic rings. The maximum Gasteiger partial charge on any atom is 0.153 e. The number of rotatable bonds is 5. The predicted octanol–water partition coefficient (Wildman–Crippen LogP) is 2.68. The van der Waals surface area contributed by atoms with E-state index in [1.807, 2.05) is 6.07 Å². The fraction of sp³-hybridized carbons (Fsp3) is 0.182. The molecule has 0 bridgehead atoms. The first-order chi connectivity index (χ1) is 7.22. The molecule has 0 atom stereocenters. The summed E-state index contributed by atoms with van der Waals surface area (Å²) in [5.41, 5.74) is 0.487. The van der Waals surface area contributed by atoms with E-state index >= 15 is 0 Å². The first kappa shape index (κ1) is 12.0. The van der Waals surface area contributed by atoms with Crippen LogP contribution in [-0.4, -0.2) is 20.0 Å². The highest BCUT2D eigenvalue weighted by Gasteiger charge is 2.10. The van der Waals surface area contributed by atoms with Gasteiger partial charge in [0.2, 0.25) is 0 Å². The molecule has 0 aliphatic heterocycles. The lowest BCUT2D eigenvalue weighted by Crippen LogP contribution is -2.00. The molecule has 0 radical (unpaired) electrons. The van der Waals surface area contributed by atoms with Crippen LogP contribution in [0.1, 0.15) is 10.4 Å². The lowest BCUT2D eigenvalue weighted by atomic mass is 10.2. The zero-order valence-corrected chi connectivity index (χ0v) is 10.5. The van der Waals surface area contributed by atoms with E-state index < -0.39 is 0 Å². The van der Waals surface area contributed by atoms with Crippen LogP contribution in [0.2, 0.25) is 0 Å². The van der Waals surface area contributed by atoms with Crippen LogP contribution in [0.4, 0.5) is 0 Å². The Balaban J connectivity index is 3.12. The Labute approximate surface area is 102 Å². The van der Waals surface area contributed by atoms with Crippen molar-refractivity contribution in [2.24, 2.45) is 0 Å². The second-order valence-electron chi connectivity index (χ2n) is 2.75. The Morgan fingerprint density at radius 3 is 2.80 bits per heavy atom. The smallest absolute Gasteiger partial charge is 0.153 e. The fourth-order valence-corrected chi connectivity index (χ4v) is 1.86. The van der Waals surface area contributed by atoms with Gasteiger partial charge in [0.1, 0.15) is 18.1 Å². The molecule has 1 rings (SSSR count). The van der Waals surface area contributed by atoms with Gasteiger partial charge in [-0.1, -0.05) is 12.7 Å². The van der Waals surface area contributed by atoms with E-state index in [1.165, 1.54) is 0 Å². The standard InChI is InChI=1S/C11H11IO3/c1-3-4-15-11-8(7-13)5-9(14-2)6-10(11)12/h3,5-7H,1,4H2,2H3. The summed E-state index contributed by atoms with van der Waals surface area (Å²) < 4.78 is 11.3. The molecular formula is C11H11IO3. The van der Waals surface area contributed by atoms with Gasteiger partial charge in [-0.25, -0.2) is 0 Å². The molecule has 0 saturated heterocycles. The first-order valence-electron chi connectivity index (χ1n) is 4.29. The first-order valence-corrected chi connectivity index (χ1v) is 5.37. The SMILES string of the molecule is C=CCOc1c(I)cc(OC)cc1C=O. The molecular weight excluding hydrogens is 307 g/mol. The fourth-order valence-electron chi connectivity index (χ4n) is 1.09. The Kier molecular flexibility index (Phi) is 4.61. The van der Waals surface area contributed by atoms with Crippen molar-refractivity contribution in [3.8, 4) is 11.5 Å². The van der Waals surface area contributed by atoms with Gasteiger partial charge in [-0.15, -0.1) is 0 Å². The number of methoxy groups -OCH3 is 1. The lowest BCUT2D eigenvalue weighted by molar-refractivity contribution is 0.111. The van der Waals surface area contributed by atoms with Crippen molar-refractivity contribution in [1.82, 2.24) is 0 Å². The molecule has 80 valence electrons. The Morgan fingerprint density at radius 1 is 1.53 bits per heavy atom. The summed E-state index contributed by atoms with van der Waals surface area (Å²) in [6.07, 6.45) is 2.39. The second-order valence-corrected chi connectivity index (χ2v) is 3.91. The highest BCUT2D eigenvalue weighted by Crippen LogP contribution is 2.29. The van der Waals surface area contributed by atoms with Crippen LogP contribution in [0.25, 0.3) is 0 Å². The lowest BCUT2D eigenvalue weighted by Gasteiger charge is -2.10. The number of hydrogen-bond acceptors (Lipinski definition) is 3. The predicted molar refractivity (Wildman–Crippen MR) is 66.8 cm³/mol. The monoisotopic (exact) mass is 318 g/mol. The third kappa shape index (κ3) is 2.95. The maximum absolute atomic E-state index is 10.8. The van der Waals surface area contributed by atoms with Crippen LogP contribution in [0.15, 0.2) is 24.8 Å². The number of aldehydes is 1. The Bertz CT molecular complexity index is 374. The van der Waals surface area contributed by atoms with Crippen molar-refractivity contribution in [2.75, 3.05) is 13.7 Å². The maximum atomic E-state index is 10.8. The normalized spacial score (nSPS) is 9.47. The highest BCUT2D eigenvalue weighted by atomic mass is 127. The van der Waals surface area contributed by atoms with Gasteiger partial charge in [0.05, 0.1) is 16.2 Å². The van der Waals surface area contributed by atoms with E-state index in [-0.39, 0.29) is 0 Å². The second kappa shape index (κ2) is 5.75. The van der Waals surface area contributed by atoms with E-state index in [1.54, 1.807) is 19.3 Å². The average Bonchev–Trinajstić information content (AvgIpc) is 2.26. The molecule has 0 N–H and O–H groups in total. The number of hydrogen-bond donors (Lipinski definition) is 0. The Hall–Kier alpha value is -1.04. The summed E-state index contributed by atoms with van der Waals surface area (Å²) in [4.78, 5) is 10.8. The van der Waals surface area contributed by atoms with Crippen LogP contribution in [-0.2, 0) is 0 Å². The number of benzene rings is 1. The van der Waals surface area contributed by atoms with Gasteiger partial charge < -0.3 is 9.47 Å².